The highest BCUT2D eigenvalue weighted by atomic mass is 16.5. The number of benzene rings is 2. The number of nitrogens with zero attached hydrogens (tertiary/aromatic N) is 1. The number of Topliss-reactive ketones (excluding diaryl/α,β-unsaturated/α-hetero) is 1. The van der Waals surface area contributed by atoms with Crippen molar-refractivity contribution in [2.75, 3.05) is 5.32 Å². The predicted molar refractivity (Wildman–Crippen MR) is 119 cm³/mol. The minimum atomic E-state index is -0.999. The summed E-state index contributed by atoms with van der Waals surface area (Å²) in [6, 6.07) is 15.8. The Hall–Kier alpha value is -3.46. The average Bonchev–Trinajstić information content (AvgIpc) is 2.78. The Bertz CT molecular complexity index is 927. The number of ketones is 1. The molecule has 0 aromatic heterocycles. The normalized spacial score (nSPS) is 11.3. The summed E-state index contributed by atoms with van der Waals surface area (Å²) in [4.78, 5) is 36.5. The number of nitrogens with one attached hydrogen (secondary N) is 1. The summed E-state index contributed by atoms with van der Waals surface area (Å²) in [7, 11) is 0. The molecule has 0 radical (unpaired) electrons. The second-order valence-electron chi connectivity index (χ2n) is 7.39. The fourth-order valence-corrected chi connectivity index (χ4v) is 2.98. The number of anilines is 1. The van der Waals surface area contributed by atoms with Crippen LogP contribution < -0.4 is 5.32 Å². The minimum Gasteiger partial charge on any atom is -0.453 e. The molecule has 2 rings (SSSR count). The molecule has 0 saturated carbocycles. The smallest absolute Gasteiger partial charge is 0.307 e. The van der Waals surface area contributed by atoms with Crippen LogP contribution in [-0.4, -0.2) is 23.8 Å². The third kappa shape index (κ3) is 8.06. The van der Waals surface area contributed by atoms with Crippen molar-refractivity contribution in [2.24, 2.45) is 0 Å². The number of hydrogen-bond donors (Lipinski definition) is 1. The number of ether oxygens (including phenoxy) is 1. The van der Waals surface area contributed by atoms with Crippen LogP contribution in [0.25, 0.3) is 0 Å². The molecule has 2 aromatic carbocycles. The number of aryl methyl sites for hydroxylation is 1. The SMILES string of the molecule is CCCCCc1ccc(C(=O)CCC(=O)O[C@H](C)C(=O)Nc2ccc(C#N)cc2)cc1. The lowest BCUT2D eigenvalue weighted by Crippen LogP contribution is -2.30. The van der Waals surface area contributed by atoms with Gasteiger partial charge in [-0.1, -0.05) is 44.0 Å². The Kier molecular flexibility index (Phi) is 9.44. The molecule has 0 heterocycles. The number of unbranched alkanes of at least 4 members (excludes halogenated alkanes) is 2. The van der Waals surface area contributed by atoms with Gasteiger partial charge in [0.05, 0.1) is 18.1 Å². The first-order valence-electron chi connectivity index (χ1n) is 10.6. The summed E-state index contributed by atoms with van der Waals surface area (Å²) in [5.74, 6) is -1.22. The number of nitriles is 1. The summed E-state index contributed by atoms with van der Waals surface area (Å²) >= 11 is 0. The minimum absolute atomic E-state index is 0.0258. The molecule has 0 unspecified atom stereocenters. The van der Waals surface area contributed by atoms with Gasteiger partial charge in [0.25, 0.3) is 5.91 Å². The van der Waals surface area contributed by atoms with Gasteiger partial charge in [0.1, 0.15) is 0 Å². The summed E-state index contributed by atoms with van der Waals surface area (Å²) in [6.45, 7) is 3.63. The quantitative estimate of drug-likeness (QED) is 0.319. The van der Waals surface area contributed by atoms with Gasteiger partial charge in [-0.2, -0.15) is 5.26 Å². The van der Waals surface area contributed by atoms with Crippen LogP contribution >= 0.6 is 0 Å². The molecule has 1 N–H and O–H groups in total. The Morgan fingerprint density at radius 1 is 1.00 bits per heavy atom. The maximum atomic E-state index is 12.3. The number of amides is 1. The van der Waals surface area contributed by atoms with Gasteiger partial charge in [-0.15, -0.1) is 0 Å². The van der Waals surface area contributed by atoms with Crippen molar-refractivity contribution in [1.29, 1.82) is 5.26 Å². The van der Waals surface area contributed by atoms with E-state index in [1.807, 2.05) is 18.2 Å². The number of esters is 1. The van der Waals surface area contributed by atoms with Crippen molar-refractivity contribution in [3.8, 4) is 6.07 Å². The zero-order valence-corrected chi connectivity index (χ0v) is 18.0. The Balaban J connectivity index is 1.76. The second kappa shape index (κ2) is 12.3. The third-order valence-corrected chi connectivity index (χ3v) is 4.86. The largest absolute Gasteiger partial charge is 0.453 e. The molecule has 1 amide bonds. The van der Waals surface area contributed by atoms with Crippen LogP contribution in [0.4, 0.5) is 5.69 Å². The Labute approximate surface area is 183 Å². The van der Waals surface area contributed by atoms with Crippen LogP contribution in [0.15, 0.2) is 48.5 Å². The number of carbonyl (C=O) groups is 3. The Morgan fingerprint density at radius 2 is 1.68 bits per heavy atom. The molecule has 31 heavy (non-hydrogen) atoms. The highest BCUT2D eigenvalue weighted by molar-refractivity contribution is 5.98. The van der Waals surface area contributed by atoms with E-state index in [2.05, 4.69) is 12.2 Å². The van der Waals surface area contributed by atoms with Crippen LogP contribution in [-0.2, 0) is 20.7 Å². The lowest BCUT2D eigenvalue weighted by atomic mass is 10.0. The van der Waals surface area contributed by atoms with Crippen LogP contribution in [0.1, 0.15) is 67.4 Å². The van der Waals surface area contributed by atoms with Crippen molar-refractivity contribution in [3.63, 3.8) is 0 Å². The first kappa shape index (κ1) is 23.8. The van der Waals surface area contributed by atoms with Crippen molar-refractivity contribution in [1.82, 2.24) is 0 Å². The van der Waals surface area contributed by atoms with Gasteiger partial charge in [0, 0.05) is 17.7 Å². The molecular weight excluding hydrogens is 392 g/mol. The van der Waals surface area contributed by atoms with E-state index >= 15 is 0 Å². The fourth-order valence-electron chi connectivity index (χ4n) is 2.98. The van der Waals surface area contributed by atoms with Crippen LogP contribution in [0.5, 0.6) is 0 Å². The van der Waals surface area contributed by atoms with E-state index in [1.54, 1.807) is 36.4 Å². The van der Waals surface area contributed by atoms with Crippen molar-refractivity contribution in [2.45, 2.75) is 58.5 Å². The van der Waals surface area contributed by atoms with E-state index in [4.69, 9.17) is 10.00 Å². The number of carbonyl (C=O) groups excluding carboxylic acids is 3. The highest BCUT2D eigenvalue weighted by Gasteiger charge is 2.19. The van der Waals surface area contributed by atoms with E-state index in [0.717, 1.165) is 12.8 Å². The van der Waals surface area contributed by atoms with Gasteiger partial charge in [-0.3, -0.25) is 14.4 Å². The van der Waals surface area contributed by atoms with Gasteiger partial charge in [0.2, 0.25) is 0 Å². The molecule has 0 fully saturated rings. The van der Waals surface area contributed by atoms with Gasteiger partial charge in [-0.05, 0) is 49.6 Å². The summed E-state index contributed by atoms with van der Waals surface area (Å²) in [5, 5.41) is 11.4. The highest BCUT2D eigenvalue weighted by Crippen LogP contribution is 2.13. The predicted octanol–water partition coefficient (Wildman–Crippen LogP) is 4.82. The van der Waals surface area contributed by atoms with Gasteiger partial charge in [0.15, 0.2) is 11.9 Å². The van der Waals surface area contributed by atoms with Crippen molar-refractivity contribution in [3.05, 3.63) is 65.2 Å². The molecule has 162 valence electrons. The van der Waals surface area contributed by atoms with E-state index in [1.165, 1.54) is 25.3 Å². The lowest BCUT2D eigenvalue weighted by Gasteiger charge is -2.13. The molecule has 1 atom stereocenters. The molecular formula is C25H28N2O4. The van der Waals surface area contributed by atoms with Crippen LogP contribution in [0.3, 0.4) is 0 Å². The van der Waals surface area contributed by atoms with E-state index in [9.17, 15) is 14.4 Å². The molecule has 6 nitrogen and oxygen atoms in total. The Morgan fingerprint density at radius 3 is 2.29 bits per heavy atom. The summed E-state index contributed by atoms with van der Waals surface area (Å²) in [5.41, 5.74) is 2.75. The van der Waals surface area contributed by atoms with Crippen LogP contribution in [0, 0.1) is 11.3 Å². The maximum absolute atomic E-state index is 12.3. The van der Waals surface area contributed by atoms with Gasteiger partial charge < -0.3 is 10.1 Å². The molecule has 0 bridgehead atoms. The zero-order valence-electron chi connectivity index (χ0n) is 18.0. The second-order valence-corrected chi connectivity index (χ2v) is 7.39. The summed E-state index contributed by atoms with van der Waals surface area (Å²) < 4.78 is 5.13. The molecule has 2 aromatic rings. The molecule has 0 aliphatic rings. The zero-order chi connectivity index (χ0) is 22.6. The number of hydrogen-bond acceptors (Lipinski definition) is 5. The monoisotopic (exact) mass is 420 g/mol. The standard InChI is InChI=1S/C25H28N2O4/c1-3-4-5-6-19-7-11-21(12-8-19)23(28)15-16-24(29)31-18(2)25(30)27-22-13-9-20(17-26)10-14-22/h7-14,18H,3-6,15-16H2,1-2H3,(H,27,30)/t18-/m1/s1. The molecule has 6 heteroatoms. The maximum Gasteiger partial charge on any atom is 0.307 e. The fraction of sp³-hybridized carbons (Fsp3) is 0.360. The van der Waals surface area contributed by atoms with E-state index in [-0.39, 0.29) is 18.6 Å². The van der Waals surface area contributed by atoms with E-state index < -0.39 is 18.0 Å². The summed E-state index contributed by atoms with van der Waals surface area (Å²) in [6.07, 6.45) is 3.42. The van der Waals surface area contributed by atoms with Gasteiger partial charge >= 0.3 is 5.97 Å². The van der Waals surface area contributed by atoms with Crippen molar-refractivity contribution >= 4 is 23.3 Å². The molecule has 0 aliphatic heterocycles. The molecule has 0 aliphatic carbocycles. The first-order chi connectivity index (χ1) is 14.9. The molecule has 0 spiro atoms. The van der Waals surface area contributed by atoms with Crippen molar-refractivity contribution < 1.29 is 19.1 Å². The number of rotatable bonds is 11. The first-order valence-corrected chi connectivity index (χ1v) is 10.6. The van der Waals surface area contributed by atoms with Crippen LogP contribution in [0.2, 0.25) is 0 Å². The van der Waals surface area contributed by atoms with Gasteiger partial charge in [-0.25, -0.2) is 0 Å². The molecule has 0 saturated heterocycles. The average molecular weight is 421 g/mol. The van der Waals surface area contributed by atoms with E-state index in [0.29, 0.717) is 16.8 Å². The topological polar surface area (TPSA) is 96.3 Å². The third-order valence-electron chi connectivity index (χ3n) is 4.86. The lowest BCUT2D eigenvalue weighted by molar-refractivity contribution is -0.153.